The first-order valence-electron chi connectivity index (χ1n) is 4.53. The molecule has 16 heavy (non-hydrogen) atoms. The van der Waals surface area contributed by atoms with E-state index in [1.807, 2.05) is 6.07 Å². The van der Waals surface area contributed by atoms with E-state index in [1.165, 1.54) is 6.20 Å². The number of aryl methyl sites for hydroxylation is 1. The number of carbonyl (C=O) groups excluding carboxylic acids is 1. The highest BCUT2D eigenvalue weighted by Gasteiger charge is 2.19. The van der Waals surface area contributed by atoms with Gasteiger partial charge in [0.1, 0.15) is 0 Å². The molecule has 0 fully saturated rings. The van der Waals surface area contributed by atoms with E-state index in [9.17, 15) is 9.59 Å². The summed E-state index contributed by atoms with van der Waals surface area (Å²) in [5.41, 5.74) is 1.04. The third kappa shape index (κ3) is 1.63. The number of rotatable bonds is 2. The molecule has 0 saturated heterocycles. The molecule has 5 heteroatoms. The van der Waals surface area contributed by atoms with Gasteiger partial charge in [0.25, 0.3) is 5.78 Å². The van der Waals surface area contributed by atoms with Gasteiger partial charge in [0.2, 0.25) is 0 Å². The molecule has 0 aliphatic carbocycles. The van der Waals surface area contributed by atoms with E-state index in [1.54, 1.807) is 23.7 Å². The fourth-order valence-corrected chi connectivity index (χ4v) is 2.00. The van der Waals surface area contributed by atoms with E-state index in [0.717, 1.165) is 9.99 Å². The number of benzene rings is 1. The summed E-state index contributed by atoms with van der Waals surface area (Å²) in [6.07, 6.45) is 1.54. The Labute approximate surface area is 99.6 Å². The lowest BCUT2D eigenvalue weighted by molar-refractivity contribution is -0.131. The van der Waals surface area contributed by atoms with Gasteiger partial charge in [0.05, 0.1) is 5.56 Å². The van der Waals surface area contributed by atoms with E-state index in [4.69, 9.17) is 5.11 Å². The predicted molar refractivity (Wildman–Crippen MR) is 62.6 cm³/mol. The second-order valence-electron chi connectivity index (χ2n) is 3.45. The summed E-state index contributed by atoms with van der Waals surface area (Å²) in [6.45, 7) is 0. The minimum absolute atomic E-state index is 0.220. The van der Waals surface area contributed by atoms with Crippen LogP contribution >= 0.6 is 15.9 Å². The maximum Gasteiger partial charge on any atom is 0.377 e. The van der Waals surface area contributed by atoms with Crippen LogP contribution in [0.15, 0.2) is 28.9 Å². The predicted octanol–water partition coefficient (Wildman–Crippen LogP) is 2.21. The number of aliphatic carboxylic acids is 1. The minimum Gasteiger partial charge on any atom is -0.475 e. The Hall–Kier alpha value is -1.62. The average Bonchev–Trinajstić information content (AvgIpc) is 2.55. The molecule has 0 amide bonds. The highest BCUT2D eigenvalue weighted by Crippen LogP contribution is 2.24. The van der Waals surface area contributed by atoms with E-state index in [0.29, 0.717) is 5.39 Å². The lowest BCUT2D eigenvalue weighted by atomic mass is 10.1. The quantitative estimate of drug-likeness (QED) is 0.678. The number of nitrogens with zero attached hydrogens (tertiary/aromatic N) is 1. The molecule has 1 aromatic heterocycles. The van der Waals surface area contributed by atoms with Crippen LogP contribution in [0.2, 0.25) is 0 Å². The van der Waals surface area contributed by atoms with Gasteiger partial charge in [0, 0.05) is 28.6 Å². The highest BCUT2D eigenvalue weighted by molar-refractivity contribution is 9.10. The fourth-order valence-electron chi connectivity index (χ4n) is 1.65. The number of fused-ring (bicyclic) bond motifs is 1. The molecule has 0 atom stereocenters. The van der Waals surface area contributed by atoms with Gasteiger partial charge in [-0.3, -0.25) is 4.79 Å². The molecular formula is C11H8BrNO3. The summed E-state index contributed by atoms with van der Waals surface area (Å²) in [5, 5.41) is 9.34. The first-order valence-corrected chi connectivity index (χ1v) is 5.32. The van der Waals surface area contributed by atoms with Gasteiger partial charge in [-0.25, -0.2) is 4.79 Å². The van der Waals surface area contributed by atoms with Crippen molar-refractivity contribution in [2.24, 2.45) is 7.05 Å². The Balaban J connectivity index is 2.73. The van der Waals surface area contributed by atoms with Crippen molar-refractivity contribution in [2.45, 2.75) is 0 Å². The average molecular weight is 282 g/mol. The van der Waals surface area contributed by atoms with Crippen molar-refractivity contribution in [3.05, 3.63) is 34.4 Å². The zero-order valence-electron chi connectivity index (χ0n) is 8.40. The van der Waals surface area contributed by atoms with E-state index < -0.39 is 11.8 Å². The molecule has 82 valence electrons. The smallest absolute Gasteiger partial charge is 0.377 e. The van der Waals surface area contributed by atoms with Crippen LogP contribution in [0.25, 0.3) is 10.9 Å². The summed E-state index contributed by atoms with van der Waals surface area (Å²) in [7, 11) is 1.77. The van der Waals surface area contributed by atoms with Crippen LogP contribution in [0, 0.1) is 0 Å². The van der Waals surface area contributed by atoms with Crippen molar-refractivity contribution in [1.82, 2.24) is 4.57 Å². The number of halogens is 1. The van der Waals surface area contributed by atoms with Crippen molar-refractivity contribution in [3.63, 3.8) is 0 Å². The number of hydrogen-bond donors (Lipinski definition) is 1. The van der Waals surface area contributed by atoms with Gasteiger partial charge in [-0.15, -0.1) is 0 Å². The summed E-state index contributed by atoms with van der Waals surface area (Å²) >= 11 is 3.33. The zero-order valence-corrected chi connectivity index (χ0v) is 9.98. The number of carboxylic acids is 1. The Morgan fingerprint density at radius 1 is 1.38 bits per heavy atom. The zero-order chi connectivity index (χ0) is 11.9. The lowest BCUT2D eigenvalue weighted by Crippen LogP contribution is -2.12. The standard InChI is InChI=1S/C11H8BrNO3/c1-13-5-8(10(14)11(15)16)7-3-2-6(12)4-9(7)13/h2-5H,1H3,(H,15,16). The molecule has 0 bridgehead atoms. The van der Waals surface area contributed by atoms with Crippen molar-refractivity contribution in [2.75, 3.05) is 0 Å². The molecule has 2 aromatic rings. The normalized spacial score (nSPS) is 10.6. The number of Topliss-reactive ketones (excluding diaryl/α,β-unsaturated/α-hetero) is 1. The number of ketones is 1. The van der Waals surface area contributed by atoms with Crippen LogP contribution in [0.1, 0.15) is 10.4 Å². The minimum atomic E-state index is -1.43. The number of hydrogen-bond acceptors (Lipinski definition) is 2. The molecule has 0 unspecified atom stereocenters. The van der Waals surface area contributed by atoms with E-state index >= 15 is 0 Å². The largest absolute Gasteiger partial charge is 0.475 e. The van der Waals surface area contributed by atoms with Gasteiger partial charge in [-0.05, 0) is 12.1 Å². The monoisotopic (exact) mass is 281 g/mol. The molecule has 0 aliphatic rings. The maximum atomic E-state index is 11.4. The van der Waals surface area contributed by atoms with Gasteiger partial charge in [0.15, 0.2) is 0 Å². The number of carboxylic acid groups (broad SMARTS) is 1. The summed E-state index contributed by atoms with van der Waals surface area (Å²) in [5.74, 6) is -2.32. The third-order valence-electron chi connectivity index (χ3n) is 2.39. The molecule has 4 nitrogen and oxygen atoms in total. The summed E-state index contributed by atoms with van der Waals surface area (Å²) < 4.78 is 2.62. The van der Waals surface area contributed by atoms with Crippen LogP contribution < -0.4 is 0 Å². The van der Waals surface area contributed by atoms with Crippen LogP contribution in [0.5, 0.6) is 0 Å². The maximum absolute atomic E-state index is 11.4. The Kier molecular flexibility index (Phi) is 2.55. The van der Waals surface area contributed by atoms with Crippen LogP contribution in [-0.4, -0.2) is 21.4 Å². The molecule has 0 aliphatic heterocycles. The van der Waals surface area contributed by atoms with Crippen LogP contribution in [0.3, 0.4) is 0 Å². The SMILES string of the molecule is Cn1cc(C(=O)C(=O)O)c2ccc(Br)cc21. The van der Waals surface area contributed by atoms with E-state index in [2.05, 4.69) is 15.9 Å². The Morgan fingerprint density at radius 2 is 2.06 bits per heavy atom. The van der Waals surface area contributed by atoms with Gasteiger partial charge in [-0.1, -0.05) is 22.0 Å². The summed E-state index contributed by atoms with van der Waals surface area (Å²) in [6, 6.07) is 5.35. The van der Waals surface area contributed by atoms with Crippen molar-refractivity contribution in [3.8, 4) is 0 Å². The Bertz CT molecular complexity index is 601. The first-order chi connectivity index (χ1) is 7.50. The fraction of sp³-hybridized carbons (Fsp3) is 0.0909. The van der Waals surface area contributed by atoms with Gasteiger partial charge >= 0.3 is 5.97 Å². The molecule has 0 radical (unpaired) electrons. The summed E-state index contributed by atoms with van der Waals surface area (Å²) in [4.78, 5) is 22.1. The topological polar surface area (TPSA) is 59.3 Å². The first kappa shape index (κ1) is 10.9. The molecule has 0 spiro atoms. The van der Waals surface area contributed by atoms with Crippen LogP contribution in [-0.2, 0) is 11.8 Å². The second kappa shape index (κ2) is 3.75. The molecule has 1 N–H and O–H groups in total. The molecular weight excluding hydrogens is 274 g/mol. The van der Waals surface area contributed by atoms with E-state index in [-0.39, 0.29) is 5.56 Å². The molecule has 2 rings (SSSR count). The number of carbonyl (C=O) groups is 2. The van der Waals surface area contributed by atoms with Gasteiger partial charge in [-0.2, -0.15) is 0 Å². The number of aromatic nitrogens is 1. The highest BCUT2D eigenvalue weighted by atomic mass is 79.9. The van der Waals surface area contributed by atoms with Crippen LogP contribution in [0.4, 0.5) is 0 Å². The third-order valence-corrected chi connectivity index (χ3v) is 2.88. The van der Waals surface area contributed by atoms with Crippen molar-refractivity contribution in [1.29, 1.82) is 0 Å². The Morgan fingerprint density at radius 3 is 2.69 bits per heavy atom. The molecule has 1 heterocycles. The lowest BCUT2D eigenvalue weighted by Gasteiger charge is -1.96. The van der Waals surface area contributed by atoms with Crippen molar-refractivity contribution < 1.29 is 14.7 Å². The van der Waals surface area contributed by atoms with Crippen molar-refractivity contribution >= 4 is 38.6 Å². The van der Waals surface area contributed by atoms with Gasteiger partial charge < -0.3 is 9.67 Å². The molecule has 1 aromatic carbocycles. The second-order valence-corrected chi connectivity index (χ2v) is 4.37. The molecule has 0 saturated carbocycles.